The lowest BCUT2D eigenvalue weighted by Crippen LogP contribution is -2.49. The summed E-state index contributed by atoms with van der Waals surface area (Å²) in [5.74, 6) is 0.578. The molecule has 2 N–H and O–H groups in total. The van der Waals surface area contributed by atoms with Gasteiger partial charge in [0.2, 0.25) is 5.91 Å². The first-order chi connectivity index (χ1) is 9.27. The molecule has 0 aromatic rings. The molecule has 0 aromatic carbocycles. The zero-order valence-corrected chi connectivity index (χ0v) is 13.1. The van der Waals surface area contributed by atoms with Gasteiger partial charge in [0.05, 0.1) is 19.2 Å². The van der Waals surface area contributed by atoms with Crippen LogP contribution in [0.3, 0.4) is 0 Å². The fraction of sp³-hybridized carbons (Fsp3) is 0.733. The zero-order chi connectivity index (χ0) is 15.4. The van der Waals surface area contributed by atoms with Crippen molar-refractivity contribution in [2.45, 2.75) is 52.6 Å². The standard InChI is InChI=1S/C15H26N2O3/c1-9(2)6-11(16)15(19)17-12(7-10(3)4)13(20-5)8-14(17)18/h8-12H,6-7,16H2,1-5H3/t11-,12?/m1/s1. The van der Waals surface area contributed by atoms with Gasteiger partial charge in [-0.3, -0.25) is 14.5 Å². The van der Waals surface area contributed by atoms with E-state index in [0.717, 1.165) is 0 Å². The van der Waals surface area contributed by atoms with Crippen LogP contribution in [0.25, 0.3) is 0 Å². The molecule has 0 aromatic heterocycles. The fourth-order valence-electron chi connectivity index (χ4n) is 2.48. The van der Waals surface area contributed by atoms with Crippen LogP contribution in [0.5, 0.6) is 0 Å². The predicted molar refractivity (Wildman–Crippen MR) is 77.6 cm³/mol. The molecule has 20 heavy (non-hydrogen) atoms. The number of carbonyl (C=O) groups is 2. The Morgan fingerprint density at radius 3 is 2.40 bits per heavy atom. The van der Waals surface area contributed by atoms with Crippen LogP contribution in [0.2, 0.25) is 0 Å². The molecule has 0 fully saturated rings. The lowest BCUT2D eigenvalue weighted by Gasteiger charge is -2.28. The predicted octanol–water partition coefficient (Wildman–Crippen LogP) is 1.67. The van der Waals surface area contributed by atoms with Crippen molar-refractivity contribution >= 4 is 11.8 Å². The molecule has 1 heterocycles. The molecule has 1 aliphatic heterocycles. The maximum Gasteiger partial charge on any atom is 0.257 e. The van der Waals surface area contributed by atoms with E-state index in [9.17, 15) is 9.59 Å². The number of nitrogens with zero attached hydrogens (tertiary/aromatic N) is 1. The van der Waals surface area contributed by atoms with Gasteiger partial charge in [-0.2, -0.15) is 0 Å². The van der Waals surface area contributed by atoms with Gasteiger partial charge in [0.15, 0.2) is 0 Å². The molecule has 2 atom stereocenters. The third-order valence-electron chi connectivity index (χ3n) is 3.35. The monoisotopic (exact) mass is 282 g/mol. The van der Waals surface area contributed by atoms with Crippen molar-refractivity contribution in [3.05, 3.63) is 11.8 Å². The number of imide groups is 1. The highest BCUT2D eigenvalue weighted by Gasteiger charge is 2.40. The Labute approximate surface area is 121 Å². The van der Waals surface area contributed by atoms with Crippen molar-refractivity contribution in [1.82, 2.24) is 4.90 Å². The minimum atomic E-state index is -0.641. The van der Waals surface area contributed by atoms with Gasteiger partial charge in [0, 0.05) is 6.08 Å². The minimum absolute atomic E-state index is 0.308. The molecule has 1 unspecified atom stereocenters. The Hall–Kier alpha value is -1.36. The van der Waals surface area contributed by atoms with E-state index in [1.165, 1.54) is 18.1 Å². The van der Waals surface area contributed by atoms with Crippen LogP contribution in [0, 0.1) is 11.8 Å². The molecule has 1 rings (SSSR count). The van der Waals surface area contributed by atoms with Gasteiger partial charge in [0.25, 0.3) is 5.91 Å². The summed E-state index contributed by atoms with van der Waals surface area (Å²) in [6.07, 6.45) is 2.65. The second kappa shape index (κ2) is 6.88. The molecule has 0 aliphatic carbocycles. The maximum atomic E-state index is 12.4. The van der Waals surface area contributed by atoms with Crippen LogP contribution in [0.4, 0.5) is 0 Å². The highest BCUT2D eigenvalue weighted by Crippen LogP contribution is 2.27. The molecule has 5 nitrogen and oxygen atoms in total. The Morgan fingerprint density at radius 2 is 1.95 bits per heavy atom. The number of nitrogens with two attached hydrogens (primary N) is 1. The number of amides is 2. The average Bonchev–Trinajstić information content (AvgIpc) is 2.63. The molecular weight excluding hydrogens is 256 g/mol. The largest absolute Gasteiger partial charge is 0.499 e. The summed E-state index contributed by atoms with van der Waals surface area (Å²) in [7, 11) is 1.52. The number of rotatable bonds is 6. The van der Waals surface area contributed by atoms with Crippen molar-refractivity contribution in [1.29, 1.82) is 0 Å². The first-order valence-electron chi connectivity index (χ1n) is 7.16. The first kappa shape index (κ1) is 16.7. The minimum Gasteiger partial charge on any atom is -0.499 e. The molecule has 2 amide bonds. The highest BCUT2D eigenvalue weighted by atomic mass is 16.5. The molecule has 5 heteroatoms. The van der Waals surface area contributed by atoms with Crippen LogP contribution in [-0.2, 0) is 14.3 Å². The summed E-state index contributed by atoms with van der Waals surface area (Å²) in [5.41, 5.74) is 5.93. The lowest BCUT2D eigenvalue weighted by molar-refractivity contribution is -0.144. The second-order valence-corrected chi connectivity index (χ2v) is 6.18. The van der Waals surface area contributed by atoms with Crippen molar-refractivity contribution < 1.29 is 14.3 Å². The Balaban J connectivity index is 2.90. The Kier molecular flexibility index (Phi) is 5.74. The van der Waals surface area contributed by atoms with Crippen LogP contribution >= 0.6 is 0 Å². The van der Waals surface area contributed by atoms with E-state index >= 15 is 0 Å². The SMILES string of the molecule is COC1=CC(=O)N(C(=O)[C@H](N)CC(C)C)C1CC(C)C. The molecule has 0 saturated carbocycles. The Morgan fingerprint density at radius 1 is 1.35 bits per heavy atom. The van der Waals surface area contributed by atoms with E-state index in [1.807, 2.05) is 27.7 Å². The van der Waals surface area contributed by atoms with E-state index < -0.39 is 6.04 Å². The topological polar surface area (TPSA) is 72.6 Å². The van der Waals surface area contributed by atoms with Crippen molar-refractivity contribution in [3.63, 3.8) is 0 Å². The summed E-state index contributed by atoms with van der Waals surface area (Å²) in [5, 5.41) is 0. The van der Waals surface area contributed by atoms with Gasteiger partial charge in [-0.1, -0.05) is 27.7 Å². The van der Waals surface area contributed by atoms with E-state index in [1.54, 1.807) is 0 Å². The van der Waals surface area contributed by atoms with Crippen molar-refractivity contribution in [2.75, 3.05) is 7.11 Å². The first-order valence-corrected chi connectivity index (χ1v) is 7.16. The second-order valence-electron chi connectivity index (χ2n) is 6.18. The maximum absolute atomic E-state index is 12.4. The fourth-order valence-corrected chi connectivity index (χ4v) is 2.48. The van der Waals surface area contributed by atoms with Gasteiger partial charge < -0.3 is 10.5 Å². The summed E-state index contributed by atoms with van der Waals surface area (Å²) in [6, 6.07) is -0.962. The molecule has 1 aliphatic rings. The third-order valence-corrected chi connectivity index (χ3v) is 3.35. The number of methoxy groups -OCH3 is 1. The number of ether oxygens (including phenoxy) is 1. The van der Waals surface area contributed by atoms with Gasteiger partial charge in [-0.15, -0.1) is 0 Å². The van der Waals surface area contributed by atoms with E-state index in [0.29, 0.717) is 30.4 Å². The van der Waals surface area contributed by atoms with Gasteiger partial charge in [-0.25, -0.2) is 0 Å². The van der Waals surface area contributed by atoms with Crippen LogP contribution in [0.1, 0.15) is 40.5 Å². The van der Waals surface area contributed by atoms with Crippen LogP contribution in [-0.4, -0.2) is 35.9 Å². The molecule has 0 radical (unpaired) electrons. The molecule has 0 saturated heterocycles. The summed E-state index contributed by atoms with van der Waals surface area (Å²) < 4.78 is 5.24. The number of hydrogen-bond donors (Lipinski definition) is 1. The normalized spacial score (nSPS) is 20.6. The quantitative estimate of drug-likeness (QED) is 0.804. The smallest absolute Gasteiger partial charge is 0.257 e. The van der Waals surface area contributed by atoms with Gasteiger partial charge in [0.1, 0.15) is 5.76 Å². The van der Waals surface area contributed by atoms with Crippen molar-refractivity contribution in [2.24, 2.45) is 17.6 Å². The lowest BCUT2D eigenvalue weighted by atomic mass is 10.00. The number of hydrogen-bond acceptors (Lipinski definition) is 4. The zero-order valence-electron chi connectivity index (χ0n) is 13.1. The molecule has 0 spiro atoms. The van der Waals surface area contributed by atoms with Gasteiger partial charge >= 0.3 is 0 Å². The van der Waals surface area contributed by atoms with Gasteiger partial charge in [-0.05, 0) is 24.7 Å². The van der Waals surface area contributed by atoms with Crippen LogP contribution in [0.15, 0.2) is 11.8 Å². The summed E-state index contributed by atoms with van der Waals surface area (Å²) in [6.45, 7) is 8.10. The van der Waals surface area contributed by atoms with E-state index in [4.69, 9.17) is 10.5 Å². The van der Waals surface area contributed by atoms with E-state index in [2.05, 4.69) is 0 Å². The third kappa shape index (κ3) is 3.82. The molecular formula is C15H26N2O3. The van der Waals surface area contributed by atoms with Crippen molar-refractivity contribution in [3.8, 4) is 0 Å². The Bertz CT molecular complexity index is 402. The highest BCUT2D eigenvalue weighted by molar-refractivity contribution is 6.05. The number of carbonyl (C=O) groups excluding carboxylic acids is 2. The average molecular weight is 282 g/mol. The molecule has 114 valence electrons. The summed E-state index contributed by atoms with van der Waals surface area (Å²) in [4.78, 5) is 25.8. The van der Waals surface area contributed by atoms with E-state index in [-0.39, 0.29) is 17.9 Å². The van der Waals surface area contributed by atoms with Crippen LogP contribution < -0.4 is 5.73 Å². The molecule has 0 bridgehead atoms. The summed E-state index contributed by atoms with van der Waals surface area (Å²) >= 11 is 0.